The minimum atomic E-state index is -0.948. The highest BCUT2D eigenvalue weighted by molar-refractivity contribution is 5.68. The number of carboxylic acids is 1. The zero-order valence-electron chi connectivity index (χ0n) is 17.4. The van der Waals surface area contributed by atoms with E-state index in [0.29, 0.717) is 23.5 Å². The number of benzene rings is 1. The second-order valence-corrected chi connectivity index (χ2v) is 9.05. The Kier molecular flexibility index (Phi) is 7.39. The summed E-state index contributed by atoms with van der Waals surface area (Å²) in [7, 11) is 0. The molecule has 28 heavy (non-hydrogen) atoms. The maximum absolute atomic E-state index is 10.9. The van der Waals surface area contributed by atoms with Crippen LogP contribution in [0.15, 0.2) is 18.2 Å². The van der Waals surface area contributed by atoms with Crippen LogP contribution in [-0.4, -0.2) is 28.9 Å². The van der Waals surface area contributed by atoms with Gasteiger partial charge in [0, 0.05) is 0 Å². The van der Waals surface area contributed by atoms with Gasteiger partial charge in [-0.25, -0.2) is 4.79 Å². The number of aliphatic hydroxyl groups is 1. The minimum Gasteiger partial charge on any atom is -0.482 e. The van der Waals surface area contributed by atoms with Crippen LogP contribution in [-0.2, 0) is 17.6 Å². The summed E-state index contributed by atoms with van der Waals surface area (Å²) < 4.78 is 5.53. The third-order valence-electron chi connectivity index (χ3n) is 6.99. The molecule has 0 radical (unpaired) electrons. The third kappa shape index (κ3) is 5.08. The SMILES string of the molecule is CCCCC[C@H](C)CC[C@@H]1[C@H]2Cc3cccc(OCC(=O)O)c3C[C@H]2C[C@H]1O. The summed E-state index contributed by atoms with van der Waals surface area (Å²) in [5, 5.41) is 19.7. The number of hydrogen-bond acceptors (Lipinski definition) is 3. The summed E-state index contributed by atoms with van der Waals surface area (Å²) in [6.07, 6.45) is 10.1. The topological polar surface area (TPSA) is 66.8 Å². The van der Waals surface area contributed by atoms with E-state index in [9.17, 15) is 9.90 Å². The fourth-order valence-corrected chi connectivity index (χ4v) is 5.44. The van der Waals surface area contributed by atoms with Crippen molar-refractivity contribution in [3.05, 3.63) is 29.3 Å². The molecule has 1 aromatic rings. The number of unbranched alkanes of at least 4 members (excludes halogenated alkanes) is 2. The minimum absolute atomic E-state index is 0.199. The van der Waals surface area contributed by atoms with Crippen molar-refractivity contribution >= 4 is 5.97 Å². The lowest BCUT2D eigenvalue weighted by Gasteiger charge is -2.32. The Morgan fingerprint density at radius 3 is 2.82 bits per heavy atom. The van der Waals surface area contributed by atoms with Crippen LogP contribution in [0.5, 0.6) is 5.75 Å². The lowest BCUT2D eigenvalue weighted by Crippen LogP contribution is -2.27. The summed E-state index contributed by atoms with van der Waals surface area (Å²) in [6.45, 7) is 4.31. The zero-order valence-corrected chi connectivity index (χ0v) is 17.4. The molecule has 0 saturated heterocycles. The number of aliphatic carboxylic acids is 1. The number of aliphatic hydroxyl groups excluding tert-OH is 1. The number of carboxylic acid groups (broad SMARTS) is 1. The molecule has 0 bridgehead atoms. The molecule has 3 rings (SSSR count). The number of carbonyl (C=O) groups is 1. The van der Waals surface area contributed by atoms with Gasteiger partial charge in [0.05, 0.1) is 6.10 Å². The van der Waals surface area contributed by atoms with E-state index < -0.39 is 5.97 Å². The average Bonchev–Trinajstić information content (AvgIpc) is 2.97. The molecule has 2 aliphatic carbocycles. The first kappa shape index (κ1) is 21.2. The van der Waals surface area contributed by atoms with Crippen LogP contribution >= 0.6 is 0 Å². The van der Waals surface area contributed by atoms with Crippen LogP contribution in [0.1, 0.15) is 69.9 Å². The molecule has 2 N–H and O–H groups in total. The molecule has 0 aromatic heterocycles. The standard InChI is InChI=1S/C24H36O4/c1-3-4-5-7-16(2)10-11-19-20-12-17-8-6-9-23(28-15-24(26)27)21(17)13-18(20)14-22(19)25/h6,8-9,16,18-20,22,25H,3-5,7,10-15H2,1-2H3,(H,26,27)/t16-,18-,19+,20-,22+/m0/s1. The quantitative estimate of drug-likeness (QED) is 0.562. The Labute approximate surface area is 169 Å². The van der Waals surface area contributed by atoms with Crippen LogP contribution < -0.4 is 4.74 Å². The van der Waals surface area contributed by atoms with Crippen molar-refractivity contribution in [3.63, 3.8) is 0 Å². The molecule has 0 aliphatic heterocycles. The van der Waals surface area contributed by atoms with Crippen LogP contribution in [0.2, 0.25) is 0 Å². The van der Waals surface area contributed by atoms with Crippen molar-refractivity contribution in [1.29, 1.82) is 0 Å². The smallest absolute Gasteiger partial charge is 0.341 e. The molecule has 4 heteroatoms. The predicted molar refractivity (Wildman–Crippen MR) is 111 cm³/mol. The van der Waals surface area contributed by atoms with Gasteiger partial charge < -0.3 is 14.9 Å². The monoisotopic (exact) mass is 388 g/mol. The molecule has 1 saturated carbocycles. The van der Waals surface area contributed by atoms with E-state index in [2.05, 4.69) is 19.9 Å². The first-order valence-corrected chi connectivity index (χ1v) is 11.1. The summed E-state index contributed by atoms with van der Waals surface area (Å²) in [6, 6.07) is 5.99. The number of hydrogen-bond donors (Lipinski definition) is 2. The van der Waals surface area contributed by atoms with Crippen molar-refractivity contribution in [1.82, 2.24) is 0 Å². The molecule has 0 heterocycles. The summed E-state index contributed by atoms with van der Waals surface area (Å²) in [4.78, 5) is 10.9. The van der Waals surface area contributed by atoms with Crippen molar-refractivity contribution in [3.8, 4) is 5.75 Å². The van der Waals surface area contributed by atoms with Gasteiger partial charge in [-0.05, 0) is 66.5 Å². The van der Waals surface area contributed by atoms with Crippen LogP contribution in [0.25, 0.3) is 0 Å². The Balaban J connectivity index is 1.62. The van der Waals surface area contributed by atoms with E-state index in [1.165, 1.54) is 37.7 Å². The van der Waals surface area contributed by atoms with Gasteiger partial charge in [-0.3, -0.25) is 0 Å². The van der Waals surface area contributed by atoms with E-state index in [-0.39, 0.29) is 12.7 Å². The fourth-order valence-electron chi connectivity index (χ4n) is 5.44. The summed E-state index contributed by atoms with van der Waals surface area (Å²) in [5.41, 5.74) is 2.44. The van der Waals surface area contributed by atoms with Gasteiger partial charge in [0.2, 0.25) is 0 Å². The molecule has 0 amide bonds. The number of ether oxygens (including phenoxy) is 1. The zero-order chi connectivity index (χ0) is 20.1. The van der Waals surface area contributed by atoms with Gasteiger partial charge in [-0.2, -0.15) is 0 Å². The van der Waals surface area contributed by atoms with Gasteiger partial charge in [-0.1, -0.05) is 58.1 Å². The highest BCUT2D eigenvalue weighted by Crippen LogP contribution is 2.48. The molecule has 2 aliphatic rings. The largest absolute Gasteiger partial charge is 0.482 e. The second kappa shape index (κ2) is 9.78. The van der Waals surface area contributed by atoms with Crippen molar-refractivity contribution in [2.24, 2.45) is 23.7 Å². The Hall–Kier alpha value is -1.55. The molecule has 156 valence electrons. The average molecular weight is 389 g/mol. The van der Waals surface area contributed by atoms with Crippen molar-refractivity contribution in [2.45, 2.75) is 77.7 Å². The van der Waals surface area contributed by atoms with E-state index in [1.807, 2.05) is 12.1 Å². The predicted octanol–water partition coefficient (Wildman–Crippen LogP) is 4.86. The number of fused-ring (bicyclic) bond motifs is 2. The van der Waals surface area contributed by atoms with E-state index in [4.69, 9.17) is 9.84 Å². The molecule has 1 aromatic carbocycles. The normalized spacial score (nSPS) is 27.1. The van der Waals surface area contributed by atoms with Gasteiger partial charge in [0.25, 0.3) is 0 Å². The van der Waals surface area contributed by atoms with Crippen LogP contribution in [0.4, 0.5) is 0 Å². The second-order valence-electron chi connectivity index (χ2n) is 9.05. The summed E-state index contributed by atoms with van der Waals surface area (Å²) in [5.74, 6) is 1.93. The van der Waals surface area contributed by atoms with Gasteiger partial charge in [-0.15, -0.1) is 0 Å². The molecule has 0 spiro atoms. The number of rotatable bonds is 10. The third-order valence-corrected chi connectivity index (χ3v) is 6.99. The molecule has 0 unspecified atom stereocenters. The molecule has 1 fully saturated rings. The first-order valence-electron chi connectivity index (χ1n) is 11.1. The Morgan fingerprint density at radius 1 is 1.25 bits per heavy atom. The Morgan fingerprint density at radius 2 is 2.07 bits per heavy atom. The molecule has 4 nitrogen and oxygen atoms in total. The van der Waals surface area contributed by atoms with Crippen molar-refractivity contribution in [2.75, 3.05) is 6.61 Å². The van der Waals surface area contributed by atoms with E-state index in [0.717, 1.165) is 37.2 Å². The lowest BCUT2D eigenvalue weighted by molar-refractivity contribution is -0.139. The van der Waals surface area contributed by atoms with Gasteiger partial charge in [0.15, 0.2) is 6.61 Å². The van der Waals surface area contributed by atoms with Crippen molar-refractivity contribution < 1.29 is 19.7 Å². The van der Waals surface area contributed by atoms with E-state index >= 15 is 0 Å². The lowest BCUT2D eigenvalue weighted by atomic mass is 9.73. The maximum atomic E-state index is 10.9. The molecular formula is C24H36O4. The first-order chi connectivity index (χ1) is 13.5. The maximum Gasteiger partial charge on any atom is 0.341 e. The fraction of sp³-hybridized carbons (Fsp3) is 0.708. The highest BCUT2D eigenvalue weighted by atomic mass is 16.5. The van der Waals surface area contributed by atoms with E-state index in [1.54, 1.807) is 0 Å². The summed E-state index contributed by atoms with van der Waals surface area (Å²) >= 11 is 0. The van der Waals surface area contributed by atoms with Crippen LogP contribution in [0, 0.1) is 23.7 Å². The molecular weight excluding hydrogens is 352 g/mol. The van der Waals surface area contributed by atoms with Gasteiger partial charge >= 0.3 is 5.97 Å². The van der Waals surface area contributed by atoms with Crippen LogP contribution in [0.3, 0.4) is 0 Å². The van der Waals surface area contributed by atoms with Gasteiger partial charge in [0.1, 0.15) is 5.75 Å². The Bertz CT molecular complexity index is 656. The highest BCUT2D eigenvalue weighted by Gasteiger charge is 2.44. The molecule has 5 atom stereocenters.